The summed E-state index contributed by atoms with van der Waals surface area (Å²) in [5.41, 5.74) is -0.510. The smallest absolute Gasteiger partial charge is 0.273 e. The fraction of sp³-hybridized carbons (Fsp3) is 0.667. The van der Waals surface area contributed by atoms with Crippen molar-refractivity contribution in [3.8, 4) is 0 Å². The number of amides is 1. The third-order valence-electron chi connectivity index (χ3n) is 3.45. The maximum absolute atomic E-state index is 11.6. The van der Waals surface area contributed by atoms with Gasteiger partial charge in [0.25, 0.3) is 5.91 Å². The first-order valence-electron chi connectivity index (χ1n) is 6.00. The monoisotopic (exact) mass is 238 g/mol. The zero-order valence-electron chi connectivity index (χ0n) is 9.98. The molecule has 17 heavy (non-hydrogen) atoms. The minimum absolute atomic E-state index is 0.248. The van der Waals surface area contributed by atoms with Crippen LogP contribution in [0.15, 0.2) is 16.9 Å². The number of hydrogen-bond donors (Lipinski definition) is 2. The number of rotatable bonds is 3. The summed E-state index contributed by atoms with van der Waals surface area (Å²) in [5, 5.41) is 16.5. The van der Waals surface area contributed by atoms with Crippen molar-refractivity contribution in [2.75, 3.05) is 6.54 Å². The summed E-state index contributed by atoms with van der Waals surface area (Å²) in [6, 6.07) is 1.50. The van der Waals surface area contributed by atoms with Crippen LogP contribution in [0.2, 0.25) is 0 Å². The molecule has 0 spiro atoms. The van der Waals surface area contributed by atoms with Gasteiger partial charge in [-0.1, -0.05) is 12.1 Å². The second-order valence-corrected chi connectivity index (χ2v) is 4.97. The van der Waals surface area contributed by atoms with Crippen LogP contribution in [0.3, 0.4) is 0 Å². The number of nitrogens with one attached hydrogen (secondary N) is 1. The molecule has 2 rings (SSSR count). The molecule has 1 aromatic rings. The molecule has 1 heterocycles. The number of carbonyl (C=O) groups is 1. The Morgan fingerprint density at radius 2 is 2.35 bits per heavy atom. The van der Waals surface area contributed by atoms with E-state index >= 15 is 0 Å². The fourth-order valence-corrected chi connectivity index (χ4v) is 2.14. The van der Waals surface area contributed by atoms with E-state index in [0.29, 0.717) is 5.92 Å². The van der Waals surface area contributed by atoms with Gasteiger partial charge < -0.3 is 14.9 Å². The van der Waals surface area contributed by atoms with Gasteiger partial charge >= 0.3 is 0 Å². The van der Waals surface area contributed by atoms with Crippen molar-refractivity contribution in [2.45, 2.75) is 38.2 Å². The Hall–Kier alpha value is -1.36. The van der Waals surface area contributed by atoms with Gasteiger partial charge in [0.15, 0.2) is 5.69 Å². The quantitative estimate of drug-likeness (QED) is 0.833. The summed E-state index contributed by atoms with van der Waals surface area (Å²) in [6.45, 7) is 2.47. The Balaban J connectivity index is 1.83. The summed E-state index contributed by atoms with van der Waals surface area (Å²) in [6.07, 6.45) is 4.86. The van der Waals surface area contributed by atoms with E-state index in [1.807, 2.05) is 0 Å². The van der Waals surface area contributed by atoms with Crippen LogP contribution in [0.4, 0.5) is 0 Å². The molecule has 0 aliphatic heterocycles. The second-order valence-electron chi connectivity index (χ2n) is 4.97. The average molecular weight is 238 g/mol. The van der Waals surface area contributed by atoms with Gasteiger partial charge in [0.1, 0.15) is 6.26 Å². The molecule has 1 saturated carbocycles. The Morgan fingerprint density at radius 3 is 2.94 bits per heavy atom. The maximum Gasteiger partial charge on any atom is 0.273 e. The van der Waals surface area contributed by atoms with Crippen molar-refractivity contribution >= 4 is 5.91 Å². The third-order valence-corrected chi connectivity index (χ3v) is 3.45. The van der Waals surface area contributed by atoms with Gasteiger partial charge in [-0.05, 0) is 31.6 Å². The summed E-state index contributed by atoms with van der Waals surface area (Å²) >= 11 is 0. The lowest BCUT2D eigenvalue weighted by Crippen LogP contribution is -2.45. The number of carbonyl (C=O) groups excluding carboxylic acids is 1. The number of aliphatic hydroxyl groups is 1. The minimum atomic E-state index is -0.758. The molecule has 0 saturated heterocycles. The van der Waals surface area contributed by atoms with Crippen molar-refractivity contribution < 1.29 is 14.4 Å². The first-order valence-corrected chi connectivity index (χ1v) is 6.00. The van der Waals surface area contributed by atoms with Crippen molar-refractivity contribution in [3.05, 3.63) is 18.0 Å². The van der Waals surface area contributed by atoms with Crippen LogP contribution < -0.4 is 5.32 Å². The highest BCUT2D eigenvalue weighted by molar-refractivity contribution is 5.91. The topological polar surface area (TPSA) is 75.4 Å². The van der Waals surface area contributed by atoms with E-state index in [4.69, 9.17) is 0 Å². The van der Waals surface area contributed by atoms with Crippen molar-refractivity contribution in [2.24, 2.45) is 5.92 Å². The predicted molar refractivity (Wildman–Crippen MR) is 61.4 cm³/mol. The van der Waals surface area contributed by atoms with Gasteiger partial charge in [-0.3, -0.25) is 4.79 Å². The molecular formula is C12H18N2O3. The fourth-order valence-electron chi connectivity index (χ4n) is 2.14. The zero-order chi connectivity index (χ0) is 12.3. The summed E-state index contributed by atoms with van der Waals surface area (Å²) < 4.78 is 4.59. The number of nitrogens with zero attached hydrogens (tertiary/aromatic N) is 1. The molecule has 1 fully saturated rings. The first-order chi connectivity index (χ1) is 8.09. The van der Waals surface area contributed by atoms with E-state index < -0.39 is 5.60 Å². The Bertz CT molecular complexity index is 367. The Labute approximate surface area is 100 Å². The van der Waals surface area contributed by atoms with Crippen LogP contribution in [-0.2, 0) is 0 Å². The van der Waals surface area contributed by atoms with Crippen LogP contribution in [0.25, 0.3) is 0 Å². The van der Waals surface area contributed by atoms with E-state index in [0.717, 1.165) is 25.7 Å². The lowest BCUT2D eigenvalue weighted by Gasteiger charge is -2.34. The largest absolute Gasteiger partial charge is 0.388 e. The van der Waals surface area contributed by atoms with E-state index in [1.165, 1.54) is 12.3 Å². The van der Waals surface area contributed by atoms with Crippen molar-refractivity contribution in [1.82, 2.24) is 10.5 Å². The van der Waals surface area contributed by atoms with Crippen LogP contribution >= 0.6 is 0 Å². The summed E-state index contributed by atoms with van der Waals surface area (Å²) in [5.74, 6) is 0.368. The van der Waals surface area contributed by atoms with Gasteiger partial charge in [-0.25, -0.2) is 0 Å². The normalized spacial score (nSPS) is 28.9. The molecule has 5 heteroatoms. The lowest BCUT2D eigenvalue weighted by molar-refractivity contribution is -0.00546. The van der Waals surface area contributed by atoms with Gasteiger partial charge in [-0.2, -0.15) is 0 Å². The average Bonchev–Trinajstić information content (AvgIpc) is 2.84. The van der Waals surface area contributed by atoms with Crippen LogP contribution in [0.5, 0.6) is 0 Å². The summed E-state index contributed by atoms with van der Waals surface area (Å²) in [7, 11) is 0. The molecule has 0 radical (unpaired) electrons. The molecule has 0 unspecified atom stereocenters. The van der Waals surface area contributed by atoms with E-state index in [2.05, 4.69) is 21.9 Å². The molecule has 1 aliphatic carbocycles. The minimum Gasteiger partial charge on any atom is -0.388 e. The van der Waals surface area contributed by atoms with Crippen LogP contribution in [-0.4, -0.2) is 28.3 Å². The van der Waals surface area contributed by atoms with Gasteiger partial charge in [0, 0.05) is 12.6 Å². The van der Waals surface area contributed by atoms with Gasteiger partial charge in [0.2, 0.25) is 0 Å². The number of aromatic nitrogens is 1. The zero-order valence-corrected chi connectivity index (χ0v) is 9.98. The van der Waals surface area contributed by atoms with Crippen LogP contribution in [0, 0.1) is 5.92 Å². The number of hydrogen-bond acceptors (Lipinski definition) is 4. The summed E-state index contributed by atoms with van der Waals surface area (Å²) in [4.78, 5) is 11.6. The highest BCUT2D eigenvalue weighted by atomic mass is 16.5. The standard InChI is InChI=1S/C12H18N2O3/c1-9-2-5-12(16,6-3-9)8-13-11(15)10-4-7-17-14-10/h4,7,9,16H,2-3,5-6,8H2,1H3,(H,13,15). The van der Waals surface area contributed by atoms with Crippen molar-refractivity contribution in [1.29, 1.82) is 0 Å². The Kier molecular flexibility index (Phi) is 3.47. The maximum atomic E-state index is 11.6. The molecule has 1 amide bonds. The molecule has 94 valence electrons. The van der Waals surface area contributed by atoms with Crippen molar-refractivity contribution in [3.63, 3.8) is 0 Å². The highest BCUT2D eigenvalue weighted by Crippen LogP contribution is 2.31. The molecule has 1 aliphatic rings. The molecule has 5 nitrogen and oxygen atoms in total. The SMILES string of the molecule is CC1CCC(O)(CNC(=O)c2ccon2)CC1. The molecule has 0 atom stereocenters. The molecule has 0 bridgehead atoms. The van der Waals surface area contributed by atoms with Gasteiger partial charge in [-0.15, -0.1) is 0 Å². The molecule has 1 aromatic heterocycles. The van der Waals surface area contributed by atoms with E-state index in [1.54, 1.807) is 0 Å². The van der Waals surface area contributed by atoms with Gasteiger partial charge in [0.05, 0.1) is 5.60 Å². The molecular weight excluding hydrogens is 220 g/mol. The third kappa shape index (κ3) is 3.06. The predicted octanol–water partition coefficient (Wildman–Crippen LogP) is 1.35. The Morgan fingerprint density at radius 1 is 1.65 bits per heavy atom. The lowest BCUT2D eigenvalue weighted by atomic mass is 9.79. The molecule has 0 aromatic carbocycles. The first kappa shape index (κ1) is 12.1. The van der Waals surface area contributed by atoms with E-state index in [-0.39, 0.29) is 18.1 Å². The second kappa shape index (κ2) is 4.87. The molecule has 2 N–H and O–H groups in total. The highest BCUT2D eigenvalue weighted by Gasteiger charge is 2.32. The van der Waals surface area contributed by atoms with Crippen LogP contribution in [0.1, 0.15) is 43.1 Å². The van der Waals surface area contributed by atoms with E-state index in [9.17, 15) is 9.90 Å².